The fraction of sp³-hybridized carbons (Fsp3) is 0.0833. The lowest BCUT2D eigenvalue weighted by atomic mass is 10.2. The van der Waals surface area contributed by atoms with Crippen LogP contribution in [0.15, 0.2) is 39.8 Å². The van der Waals surface area contributed by atoms with Crippen LogP contribution in [-0.4, -0.2) is 13.4 Å². The van der Waals surface area contributed by atoms with Gasteiger partial charge in [0.1, 0.15) is 16.5 Å². The monoisotopic (exact) mass is 359 g/mol. The van der Waals surface area contributed by atoms with Crippen LogP contribution < -0.4 is 10.5 Å². The lowest BCUT2D eigenvalue weighted by Gasteiger charge is -2.11. The van der Waals surface area contributed by atoms with Gasteiger partial charge >= 0.3 is 0 Å². The van der Waals surface area contributed by atoms with E-state index < -0.39 is 15.8 Å². The van der Waals surface area contributed by atoms with E-state index in [2.05, 4.69) is 25.6 Å². The Balaban J connectivity index is 2.46. The predicted molar refractivity (Wildman–Crippen MR) is 78.3 cm³/mol. The van der Waals surface area contributed by atoms with E-state index in [0.717, 1.165) is 5.56 Å². The number of benzene rings is 1. The molecule has 0 bridgehead atoms. The third kappa shape index (κ3) is 3.07. The Morgan fingerprint density at radius 1 is 1.35 bits per heavy atom. The van der Waals surface area contributed by atoms with Gasteiger partial charge in [-0.3, -0.25) is 4.72 Å². The van der Waals surface area contributed by atoms with Crippen LogP contribution in [-0.2, 0) is 10.0 Å². The molecule has 1 aromatic heterocycles. The highest BCUT2D eigenvalue weighted by Gasteiger charge is 2.20. The summed E-state index contributed by atoms with van der Waals surface area (Å²) in [5, 5.41) is 0. The minimum Gasteiger partial charge on any atom is -0.383 e. The summed E-state index contributed by atoms with van der Waals surface area (Å²) in [7, 11) is -4.01. The molecule has 0 atom stereocenters. The van der Waals surface area contributed by atoms with E-state index in [1.165, 1.54) is 24.4 Å². The van der Waals surface area contributed by atoms with Gasteiger partial charge in [0.15, 0.2) is 0 Å². The Bertz CT molecular complexity index is 765. The first-order valence-corrected chi connectivity index (χ1v) is 7.77. The molecule has 0 aliphatic carbocycles. The largest absolute Gasteiger partial charge is 0.383 e. The lowest BCUT2D eigenvalue weighted by Crippen LogP contribution is -2.16. The van der Waals surface area contributed by atoms with Gasteiger partial charge in [-0.2, -0.15) is 0 Å². The first-order chi connectivity index (χ1) is 9.29. The molecule has 1 aromatic carbocycles. The molecule has 0 aliphatic rings. The number of hydrogen-bond donors (Lipinski definition) is 2. The number of rotatable bonds is 3. The molecule has 3 N–H and O–H groups in total. The molecule has 106 valence electrons. The van der Waals surface area contributed by atoms with E-state index in [1.807, 2.05) is 0 Å². The fourth-order valence-electron chi connectivity index (χ4n) is 1.56. The number of nitrogens with one attached hydrogen (secondary N) is 1. The van der Waals surface area contributed by atoms with Crippen LogP contribution in [0.4, 0.5) is 15.9 Å². The number of nitrogens with two attached hydrogens (primary N) is 1. The number of pyridine rings is 1. The first-order valence-electron chi connectivity index (χ1n) is 5.49. The second-order valence-electron chi connectivity index (χ2n) is 4.13. The molecule has 20 heavy (non-hydrogen) atoms. The van der Waals surface area contributed by atoms with Crippen molar-refractivity contribution in [3.8, 4) is 0 Å². The van der Waals surface area contributed by atoms with Gasteiger partial charge < -0.3 is 5.73 Å². The van der Waals surface area contributed by atoms with Gasteiger partial charge in [-0.25, -0.2) is 17.8 Å². The van der Waals surface area contributed by atoms with Crippen LogP contribution >= 0.6 is 15.9 Å². The van der Waals surface area contributed by atoms with Crippen molar-refractivity contribution >= 4 is 37.5 Å². The van der Waals surface area contributed by atoms with Crippen LogP contribution in [0.3, 0.4) is 0 Å². The van der Waals surface area contributed by atoms with Crippen molar-refractivity contribution < 1.29 is 12.8 Å². The minimum absolute atomic E-state index is 0.135. The van der Waals surface area contributed by atoms with Crippen LogP contribution in [0, 0.1) is 12.7 Å². The van der Waals surface area contributed by atoms with Gasteiger partial charge in [-0.05, 0) is 46.6 Å². The van der Waals surface area contributed by atoms with E-state index in [0.29, 0.717) is 4.47 Å². The zero-order chi connectivity index (χ0) is 14.9. The maximum atomic E-state index is 13.6. The topological polar surface area (TPSA) is 85.1 Å². The van der Waals surface area contributed by atoms with Crippen molar-refractivity contribution in [2.45, 2.75) is 11.8 Å². The van der Waals surface area contributed by atoms with Crippen molar-refractivity contribution in [3.05, 3.63) is 46.3 Å². The van der Waals surface area contributed by atoms with Crippen molar-refractivity contribution in [3.63, 3.8) is 0 Å². The molecule has 0 saturated heterocycles. The molecule has 0 spiro atoms. The Labute approximate surface area is 124 Å². The van der Waals surface area contributed by atoms with E-state index in [-0.39, 0.29) is 16.4 Å². The molecular formula is C12H11BrFN3O2S. The van der Waals surface area contributed by atoms with Gasteiger partial charge in [-0.15, -0.1) is 0 Å². The number of anilines is 2. The van der Waals surface area contributed by atoms with Gasteiger partial charge in [0.2, 0.25) is 0 Å². The molecule has 0 unspecified atom stereocenters. The summed E-state index contributed by atoms with van der Waals surface area (Å²) in [6.45, 7) is 1.73. The van der Waals surface area contributed by atoms with Crippen molar-refractivity contribution in [2.24, 2.45) is 0 Å². The highest BCUT2D eigenvalue weighted by molar-refractivity contribution is 9.10. The Morgan fingerprint density at radius 2 is 2.05 bits per heavy atom. The highest BCUT2D eigenvalue weighted by atomic mass is 79.9. The molecule has 5 nitrogen and oxygen atoms in total. The molecule has 0 radical (unpaired) electrons. The van der Waals surface area contributed by atoms with Crippen LogP contribution in [0.25, 0.3) is 0 Å². The highest BCUT2D eigenvalue weighted by Crippen LogP contribution is 2.24. The van der Waals surface area contributed by atoms with Crippen molar-refractivity contribution in [2.75, 3.05) is 10.5 Å². The summed E-state index contributed by atoms with van der Waals surface area (Å²) >= 11 is 3.12. The molecule has 8 heteroatoms. The van der Waals surface area contributed by atoms with Crippen LogP contribution in [0.1, 0.15) is 5.56 Å². The second-order valence-corrected chi connectivity index (χ2v) is 6.69. The van der Waals surface area contributed by atoms with Crippen molar-refractivity contribution in [1.82, 2.24) is 4.98 Å². The number of hydrogen-bond acceptors (Lipinski definition) is 4. The summed E-state index contributed by atoms with van der Waals surface area (Å²) in [5.74, 6) is -0.825. The third-order valence-electron chi connectivity index (χ3n) is 2.50. The maximum Gasteiger partial charge on any atom is 0.265 e. The van der Waals surface area contributed by atoms with E-state index in [4.69, 9.17) is 5.73 Å². The number of halogens is 2. The zero-order valence-electron chi connectivity index (χ0n) is 10.4. The SMILES string of the molecule is Cc1ccc(F)c(NS(=O)(=O)c2cc(Br)cnc2N)c1. The number of nitrogens with zero attached hydrogens (tertiary/aromatic N) is 1. The molecule has 0 fully saturated rings. The summed E-state index contributed by atoms with van der Waals surface area (Å²) in [4.78, 5) is 3.53. The first kappa shape index (κ1) is 14.7. The standard InChI is InChI=1S/C12H11BrFN3O2S/c1-7-2-3-9(14)10(4-7)17-20(18,19)11-5-8(13)6-16-12(11)15/h2-6,17H,1H3,(H2,15,16). The average Bonchev–Trinajstić information content (AvgIpc) is 2.36. The van der Waals surface area contributed by atoms with Crippen LogP contribution in [0.5, 0.6) is 0 Å². The normalized spacial score (nSPS) is 11.3. The van der Waals surface area contributed by atoms with E-state index in [9.17, 15) is 12.8 Å². The lowest BCUT2D eigenvalue weighted by molar-refractivity contribution is 0.598. The van der Waals surface area contributed by atoms with Gasteiger partial charge in [0.25, 0.3) is 10.0 Å². The summed E-state index contributed by atoms with van der Waals surface area (Å²) in [6.07, 6.45) is 1.38. The summed E-state index contributed by atoms with van der Waals surface area (Å²) in [5.41, 5.74) is 6.14. The van der Waals surface area contributed by atoms with E-state index >= 15 is 0 Å². The second kappa shape index (κ2) is 5.37. The average molecular weight is 360 g/mol. The number of aryl methyl sites for hydroxylation is 1. The molecule has 2 rings (SSSR count). The van der Waals surface area contributed by atoms with Gasteiger partial charge in [0, 0.05) is 10.7 Å². The van der Waals surface area contributed by atoms with Crippen molar-refractivity contribution in [1.29, 1.82) is 0 Å². The van der Waals surface area contributed by atoms with E-state index in [1.54, 1.807) is 13.0 Å². The Hall–Kier alpha value is -1.67. The molecular weight excluding hydrogens is 349 g/mol. The van der Waals surface area contributed by atoms with Crippen LogP contribution in [0.2, 0.25) is 0 Å². The van der Waals surface area contributed by atoms with Gasteiger partial charge in [-0.1, -0.05) is 6.07 Å². The quantitative estimate of drug-likeness (QED) is 0.881. The fourth-order valence-corrected chi connectivity index (χ4v) is 3.21. The zero-order valence-corrected chi connectivity index (χ0v) is 12.8. The number of sulfonamides is 1. The smallest absolute Gasteiger partial charge is 0.265 e. The molecule has 1 heterocycles. The number of nitrogen functional groups attached to an aromatic ring is 1. The Morgan fingerprint density at radius 3 is 2.75 bits per heavy atom. The predicted octanol–water partition coefficient (Wildman–Crippen LogP) is 2.67. The summed E-state index contributed by atoms with van der Waals surface area (Å²) in [6, 6.07) is 5.44. The molecule has 0 aliphatic heterocycles. The number of aromatic nitrogens is 1. The van der Waals surface area contributed by atoms with Gasteiger partial charge in [0.05, 0.1) is 5.69 Å². The molecule has 0 saturated carbocycles. The minimum atomic E-state index is -4.01. The Kier molecular flexibility index (Phi) is 3.96. The molecule has 0 amide bonds. The molecule has 2 aromatic rings. The summed E-state index contributed by atoms with van der Waals surface area (Å²) < 4.78 is 40.7. The maximum absolute atomic E-state index is 13.6. The third-order valence-corrected chi connectivity index (χ3v) is 4.33.